The monoisotopic (exact) mass is 1620 g/mol. The zero-order chi connectivity index (χ0) is 82.2. The van der Waals surface area contributed by atoms with E-state index in [0.717, 1.165) is 0 Å². The third-order valence-electron chi connectivity index (χ3n) is 26.9. The van der Waals surface area contributed by atoms with Crippen molar-refractivity contribution in [1.82, 2.24) is 0 Å². The van der Waals surface area contributed by atoms with Crippen LogP contribution in [-0.4, -0.2) is 419 Å². The molecule has 40 nitrogen and oxygen atoms in total. The molecule has 7 saturated heterocycles. The van der Waals surface area contributed by atoms with Crippen molar-refractivity contribution < 1.29 is 199 Å². The first kappa shape index (κ1) is 90.6. The van der Waals surface area contributed by atoms with Gasteiger partial charge in [0.25, 0.3) is 0 Å². The molecule has 0 aromatic heterocycles. The van der Waals surface area contributed by atoms with Gasteiger partial charge in [-0.05, 0) is 93.3 Å². The first-order valence-corrected chi connectivity index (χ1v) is 38.6. The molecule has 11 aliphatic rings. The van der Waals surface area contributed by atoms with E-state index in [-0.39, 0.29) is 42.8 Å². The SMILES string of the molecule is C[C@H](CC[C@@H](O[C@@H]1O[C@H](CO[C@@H]2O[C@H](CO[C@@H]3O[C@H](CO)[C@@H](O)[C@H](O)[C@H]3O)[C@@H](O)[C@H](O)[C@H]2O)[C@@H](O)[C@H](O)[C@H]1O)C(C)(C)O)[C@H]1CC[C@@]2(C)[C@@H]3CC=C4[C@@H](CC[C@H](O)[C@]4(C)CO[C@@H]4O[C@H](CO[C@@H]5O[C@H](CO)[C@@H](O)[C@H](O)[C@H]5O)[C@@H](O)[C@H](O)[C@H]4O[C@@H]4O[C@H](CO)[C@@H](O[C@@H]5O[C@H](CO)[C@@H](O)[C@H](O)[C@H]5O)[C@H](O)[C@H]4O)[C@]3(C)C(=O)C[C@]12C. The molecule has 40 heteroatoms. The average molecular weight is 1630 g/mol. The molecule has 3 saturated carbocycles. The molecule has 0 unspecified atom stereocenters. The first-order valence-electron chi connectivity index (χ1n) is 38.6. The fourth-order valence-electron chi connectivity index (χ4n) is 19.5. The van der Waals surface area contributed by atoms with E-state index < -0.39 is 313 Å². The van der Waals surface area contributed by atoms with Gasteiger partial charge in [-0.15, -0.1) is 0 Å². The van der Waals surface area contributed by atoms with Crippen LogP contribution in [0.1, 0.15) is 99.8 Å². The molecule has 0 radical (unpaired) electrons. The lowest BCUT2D eigenvalue weighted by Crippen LogP contribution is -2.67. The van der Waals surface area contributed by atoms with Gasteiger partial charge < -0.3 is 194 Å². The van der Waals surface area contributed by atoms with Gasteiger partial charge in [0.05, 0.1) is 70.7 Å². The van der Waals surface area contributed by atoms with Gasteiger partial charge in [0, 0.05) is 17.3 Å². The largest absolute Gasteiger partial charge is 0.394 e. The highest BCUT2D eigenvalue weighted by molar-refractivity contribution is 5.88. The predicted octanol–water partition coefficient (Wildman–Crippen LogP) is -10.6. The molecule has 25 N–H and O–H groups in total. The van der Waals surface area contributed by atoms with Crippen LogP contribution < -0.4 is 0 Å². The molecule has 0 bridgehead atoms. The highest BCUT2D eigenvalue weighted by Crippen LogP contribution is 2.74. The zero-order valence-electron chi connectivity index (χ0n) is 63.4. The summed E-state index contributed by atoms with van der Waals surface area (Å²) in [6.45, 7) is 7.09. The van der Waals surface area contributed by atoms with Crippen molar-refractivity contribution >= 4 is 5.78 Å². The summed E-state index contributed by atoms with van der Waals surface area (Å²) in [5.41, 5.74) is -4.40. The van der Waals surface area contributed by atoms with Gasteiger partial charge in [-0.3, -0.25) is 4.79 Å². The van der Waals surface area contributed by atoms with Crippen molar-refractivity contribution in [2.24, 2.45) is 45.3 Å². The molecule has 4 aliphatic carbocycles. The number of rotatable bonds is 27. The second-order valence-electron chi connectivity index (χ2n) is 34.1. The third-order valence-corrected chi connectivity index (χ3v) is 26.9. The van der Waals surface area contributed by atoms with Gasteiger partial charge in [-0.1, -0.05) is 46.3 Å². The minimum Gasteiger partial charge on any atom is -0.394 e. The van der Waals surface area contributed by atoms with Crippen LogP contribution in [0.25, 0.3) is 0 Å². The standard InChI is InChI=1S/C72H120O40/c1-25(8-13-39(68(2,3)98)110-64-56(95)50(89)44(83)34(108-64)22-101-63-55(94)49(88)43(82)33(107-63)21-99-61-53(92)46(85)40(79)29(17-73)103-61)26-14-15-70(5)36-11-9-27-28(72(36,7)38(78)16-71(26,70)6)10-12-37(77)69(27,4)24-102-67-60(51(90)45(84)35(109-67)23-100-62-54(93)47(86)41(80)30(18-74)104-62)112-66-58(97)52(91)59(32(20-76)106-66)111-65-57(96)48(87)42(81)31(19-75)105-65/h9,25-26,28-37,39-67,73-77,79-98H,8,10-24H2,1-7H3/t25-,26-,28-,29-,30-,31-,32-,33-,34-,35-,36+,37+,39-,40-,41-,42-,43-,44-,45-,46+,47+,48+,49+,50+,51+,52-,53-,54-,55-,56-,57-,58-,59-,60-,61-,62-,63-,64+,65+,66+,67-,69-,70+,71-,72+/m1/s1. The number of Topliss-reactive ketones (excluding diaryl/α,β-unsaturated/α-hetero) is 1. The molecule has 7 heterocycles. The zero-order valence-corrected chi connectivity index (χ0v) is 63.4. The molecule has 0 aromatic rings. The van der Waals surface area contributed by atoms with Crippen LogP contribution in [0.5, 0.6) is 0 Å². The second kappa shape index (κ2) is 35.9. The lowest BCUT2D eigenvalue weighted by Gasteiger charge is -2.65. The molecular weight excluding hydrogens is 1500 g/mol. The fourth-order valence-corrected chi connectivity index (χ4v) is 19.5. The number of hydrogen-bond donors (Lipinski definition) is 25. The lowest BCUT2D eigenvalue weighted by atomic mass is 9.38. The smallest absolute Gasteiger partial charge is 0.187 e. The van der Waals surface area contributed by atoms with E-state index in [1.807, 2.05) is 13.0 Å². The van der Waals surface area contributed by atoms with Crippen LogP contribution >= 0.6 is 0 Å². The van der Waals surface area contributed by atoms with Crippen LogP contribution in [0.2, 0.25) is 0 Å². The Balaban J connectivity index is 0.762. The Morgan fingerprint density at radius 2 is 0.821 bits per heavy atom. The van der Waals surface area contributed by atoms with E-state index in [9.17, 15) is 128 Å². The summed E-state index contributed by atoms with van der Waals surface area (Å²) in [5.74, 6) is -0.946. The van der Waals surface area contributed by atoms with E-state index in [1.165, 1.54) is 13.8 Å². The maximum atomic E-state index is 15.7. The second-order valence-corrected chi connectivity index (χ2v) is 34.1. The summed E-state index contributed by atoms with van der Waals surface area (Å²) in [5, 5.41) is 271. The summed E-state index contributed by atoms with van der Waals surface area (Å²) in [7, 11) is 0. The molecule has 0 aromatic carbocycles. The van der Waals surface area contributed by atoms with Crippen LogP contribution in [0.3, 0.4) is 0 Å². The molecule has 0 amide bonds. The van der Waals surface area contributed by atoms with Gasteiger partial charge in [0.15, 0.2) is 44.0 Å². The molecule has 648 valence electrons. The summed E-state index contributed by atoms with van der Waals surface area (Å²) < 4.78 is 82.0. The number of allylic oxidation sites excluding steroid dienone is 1. The summed E-state index contributed by atoms with van der Waals surface area (Å²) in [6, 6.07) is 0. The number of carbonyl (C=O) groups is 1. The van der Waals surface area contributed by atoms with Crippen molar-refractivity contribution in [3.63, 3.8) is 0 Å². The molecule has 0 spiro atoms. The number of aliphatic hydroxyl groups excluding tert-OH is 24. The average Bonchev–Trinajstić information content (AvgIpc) is 1.42. The molecular formula is C72H120O40. The first-order chi connectivity index (χ1) is 52.6. The van der Waals surface area contributed by atoms with E-state index in [0.29, 0.717) is 37.7 Å². The number of fused-ring (bicyclic) bond motifs is 5. The Morgan fingerprint density at radius 1 is 0.438 bits per heavy atom. The van der Waals surface area contributed by atoms with Crippen molar-refractivity contribution in [3.8, 4) is 0 Å². The van der Waals surface area contributed by atoms with Gasteiger partial charge in [-0.2, -0.15) is 0 Å². The Kier molecular flexibility index (Phi) is 29.0. The molecule has 7 aliphatic heterocycles. The Labute approximate surface area is 645 Å². The highest BCUT2D eigenvalue weighted by Gasteiger charge is 2.71. The number of carbonyl (C=O) groups excluding carboxylic acids is 1. The quantitative estimate of drug-likeness (QED) is 0.0340. The Hall–Kier alpha value is -2.15. The molecule has 112 heavy (non-hydrogen) atoms. The molecule has 11 rings (SSSR count). The Bertz CT molecular complexity index is 3080. The molecule has 10 fully saturated rings. The van der Waals surface area contributed by atoms with Crippen molar-refractivity contribution in [2.75, 3.05) is 52.9 Å². The summed E-state index contributed by atoms with van der Waals surface area (Å²) >= 11 is 0. The van der Waals surface area contributed by atoms with E-state index in [4.69, 9.17) is 66.3 Å². The van der Waals surface area contributed by atoms with Gasteiger partial charge >= 0.3 is 0 Å². The maximum Gasteiger partial charge on any atom is 0.187 e. The molecule has 45 atom stereocenters. The van der Waals surface area contributed by atoms with E-state index in [2.05, 4.69) is 20.8 Å². The summed E-state index contributed by atoms with van der Waals surface area (Å²) in [4.78, 5) is 15.7. The van der Waals surface area contributed by atoms with Crippen LogP contribution in [0.4, 0.5) is 0 Å². The number of ketones is 1. The van der Waals surface area contributed by atoms with Crippen LogP contribution in [0, 0.1) is 45.3 Å². The normalized spacial score (nSPS) is 52.1. The van der Waals surface area contributed by atoms with Crippen molar-refractivity contribution in [2.45, 2.75) is 333 Å². The van der Waals surface area contributed by atoms with Gasteiger partial charge in [0.2, 0.25) is 0 Å². The summed E-state index contributed by atoms with van der Waals surface area (Å²) in [6.07, 6.45) is -60.4. The predicted molar refractivity (Wildman–Crippen MR) is 366 cm³/mol. The Morgan fingerprint density at radius 3 is 1.29 bits per heavy atom. The third kappa shape index (κ3) is 16.9. The van der Waals surface area contributed by atoms with E-state index >= 15 is 4.79 Å². The maximum absolute atomic E-state index is 15.7. The lowest BCUT2D eigenvalue weighted by molar-refractivity contribution is -0.387. The van der Waals surface area contributed by atoms with Crippen LogP contribution in [0.15, 0.2) is 11.6 Å². The fraction of sp³-hybridized carbons (Fsp3) is 0.958. The number of ether oxygens (including phenoxy) is 14. The van der Waals surface area contributed by atoms with Crippen molar-refractivity contribution in [1.29, 1.82) is 0 Å². The highest BCUT2D eigenvalue weighted by atomic mass is 16.8. The van der Waals surface area contributed by atoms with Crippen molar-refractivity contribution in [3.05, 3.63) is 11.6 Å². The number of hydrogen-bond acceptors (Lipinski definition) is 40. The van der Waals surface area contributed by atoms with Crippen LogP contribution in [-0.2, 0) is 71.1 Å². The number of aliphatic hydroxyl groups is 25. The topological polar surface area (TPSA) is 652 Å². The minimum atomic E-state index is -2.17. The van der Waals surface area contributed by atoms with E-state index in [1.54, 1.807) is 6.92 Å². The van der Waals surface area contributed by atoms with Gasteiger partial charge in [0.1, 0.15) is 177 Å². The minimum absolute atomic E-state index is 0.00934. The van der Waals surface area contributed by atoms with Gasteiger partial charge in [-0.25, -0.2) is 0 Å².